The summed E-state index contributed by atoms with van der Waals surface area (Å²) < 4.78 is 12.1. The standard InChI is InChI=1S/C18H24N2O4/c1-5-23-18(22)17-12(2)15(13(3)20(17)4)8-9-16(21)19-11-14-7-6-10-24-14/h6-7,10H,5,8-9,11H2,1-4H3,(H,19,21). The predicted octanol–water partition coefficient (Wildman–Crippen LogP) is 2.66. The maximum Gasteiger partial charge on any atom is 0.355 e. The van der Waals surface area contributed by atoms with Gasteiger partial charge in [0.15, 0.2) is 0 Å². The Hall–Kier alpha value is -2.50. The van der Waals surface area contributed by atoms with Gasteiger partial charge in [-0.1, -0.05) is 0 Å². The van der Waals surface area contributed by atoms with Crippen molar-refractivity contribution in [1.82, 2.24) is 9.88 Å². The van der Waals surface area contributed by atoms with Gasteiger partial charge in [0.1, 0.15) is 11.5 Å². The van der Waals surface area contributed by atoms with Crippen LogP contribution in [0, 0.1) is 13.8 Å². The first-order valence-electron chi connectivity index (χ1n) is 8.06. The molecule has 0 aliphatic rings. The number of nitrogens with one attached hydrogen (secondary N) is 1. The van der Waals surface area contributed by atoms with E-state index in [1.807, 2.05) is 31.5 Å². The van der Waals surface area contributed by atoms with Crippen LogP contribution in [0.15, 0.2) is 22.8 Å². The third-order valence-electron chi connectivity index (χ3n) is 4.19. The summed E-state index contributed by atoms with van der Waals surface area (Å²) in [6, 6.07) is 3.60. The predicted molar refractivity (Wildman–Crippen MR) is 89.7 cm³/mol. The second-order valence-electron chi connectivity index (χ2n) is 5.67. The number of carbonyl (C=O) groups excluding carboxylic acids is 2. The van der Waals surface area contributed by atoms with Gasteiger partial charge in [0.25, 0.3) is 0 Å². The lowest BCUT2D eigenvalue weighted by atomic mass is 10.0. The summed E-state index contributed by atoms with van der Waals surface area (Å²) in [4.78, 5) is 24.1. The minimum atomic E-state index is -0.325. The number of rotatable bonds is 7. The van der Waals surface area contributed by atoms with Crippen molar-refractivity contribution in [3.05, 3.63) is 46.7 Å². The van der Waals surface area contributed by atoms with Gasteiger partial charge in [0.2, 0.25) is 5.91 Å². The highest BCUT2D eigenvalue weighted by Crippen LogP contribution is 2.23. The maximum absolute atomic E-state index is 12.1. The largest absolute Gasteiger partial charge is 0.467 e. The van der Waals surface area contributed by atoms with Gasteiger partial charge in [0.05, 0.1) is 19.4 Å². The van der Waals surface area contributed by atoms with E-state index in [2.05, 4.69) is 5.32 Å². The molecule has 0 bridgehead atoms. The molecule has 24 heavy (non-hydrogen) atoms. The van der Waals surface area contributed by atoms with Crippen LogP contribution in [-0.4, -0.2) is 23.1 Å². The van der Waals surface area contributed by atoms with Gasteiger partial charge in [-0.25, -0.2) is 4.79 Å². The number of esters is 1. The van der Waals surface area contributed by atoms with E-state index in [-0.39, 0.29) is 11.9 Å². The molecule has 0 radical (unpaired) electrons. The summed E-state index contributed by atoms with van der Waals surface area (Å²) in [5, 5.41) is 2.83. The molecule has 6 heteroatoms. The van der Waals surface area contributed by atoms with Gasteiger partial charge in [0, 0.05) is 19.2 Å². The number of furan rings is 1. The van der Waals surface area contributed by atoms with Crippen LogP contribution in [0.1, 0.15) is 46.4 Å². The van der Waals surface area contributed by atoms with Crippen LogP contribution in [-0.2, 0) is 29.5 Å². The van der Waals surface area contributed by atoms with E-state index < -0.39 is 0 Å². The Morgan fingerprint density at radius 3 is 2.71 bits per heavy atom. The number of aromatic nitrogens is 1. The lowest BCUT2D eigenvalue weighted by molar-refractivity contribution is -0.121. The van der Waals surface area contributed by atoms with Crippen molar-refractivity contribution in [2.24, 2.45) is 7.05 Å². The molecule has 2 heterocycles. The van der Waals surface area contributed by atoms with E-state index in [9.17, 15) is 9.59 Å². The Balaban J connectivity index is 2.00. The number of hydrogen-bond donors (Lipinski definition) is 1. The molecule has 0 fully saturated rings. The molecule has 1 amide bonds. The Labute approximate surface area is 141 Å². The summed E-state index contributed by atoms with van der Waals surface area (Å²) in [7, 11) is 1.84. The van der Waals surface area contributed by atoms with E-state index >= 15 is 0 Å². The Morgan fingerprint density at radius 2 is 2.08 bits per heavy atom. The fourth-order valence-corrected chi connectivity index (χ4v) is 2.82. The lowest BCUT2D eigenvalue weighted by Gasteiger charge is -2.05. The van der Waals surface area contributed by atoms with Crippen molar-refractivity contribution < 1.29 is 18.7 Å². The Bertz CT molecular complexity index is 714. The summed E-state index contributed by atoms with van der Waals surface area (Å²) in [6.07, 6.45) is 2.51. The zero-order chi connectivity index (χ0) is 17.7. The first-order valence-corrected chi connectivity index (χ1v) is 8.06. The van der Waals surface area contributed by atoms with Gasteiger partial charge in [-0.15, -0.1) is 0 Å². The first-order chi connectivity index (χ1) is 11.5. The molecule has 0 aromatic carbocycles. The summed E-state index contributed by atoms with van der Waals surface area (Å²) in [5.74, 6) is 0.348. The van der Waals surface area contributed by atoms with Crippen LogP contribution >= 0.6 is 0 Å². The van der Waals surface area contributed by atoms with Crippen LogP contribution in [0.5, 0.6) is 0 Å². The second-order valence-corrected chi connectivity index (χ2v) is 5.67. The van der Waals surface area contributed by atoms with Gasteiger partial charge in [-0.05, 0) is 50.5 Å². The maximum atomic E-state index is 12.1. The SMILES string of the molecule is CCOC(=O)c1c(C)c(CCC(=O)NCc2ccco2)c(C)n1C. The third-order valence-corrected chi connectivity index (χ3v) is 4.19. The molecule has 2 rings (SSSR count). The molecule has 0 saturated heterocycles. The molecule has 0 spiro atoms. The Morgan fingerprint density at radius 1 is 1.33 bits per heavy atom. The molecular weight excluding hydrogens is 308 g/mol. The van der Waals surface area contributed by atoms with Crippen molar-refractivity contribution in [3.63, 3.8) is 0 Å². The minimum absolute atomic E-state index is 0.0493. The highest BCUT2D eigenvalue weighted by Gasteiger charge is 2.21. The molecule has 130 valence electrons. The van der Waals surface area contributed by atoms with E-state index in [0.717, 1.165) is 22.6 Å². The highest BCUT2D eigenvalue weighted by molar-refractivity contribution is 5.90. The van der Waals surface area contributed by atoms with E-state index in [0.29, 0.717) is 31.7 Å². The fraction of sp³-hybridized carbons (Fsp3) is 0.444. The van der Waals surface area contributed by atoms with Gasteiger partial charge < -0.3 is 19.0 Å². The van der Waals surface area contributed by atoms with Crippen molar-refractivity contribution in [3.8, 4) is 0 Å². The summed E-state index contributed by atoms with van der Waals surface area (Å²) >= 11 is 0. The fourth-order valence-electron chi connectivity index (χ4n) is 2.82. The zero-order valence-electron chi connectivity index (χ0n) is 14.6. The van der Waals surface area contributed by atoms with Crippen LogP contribution in [0.4, 0.5) is 0 Å². The van der Waals surface area contributed by atoms with Crippen LogP contribution in [0.25, 0.3) is 0 Å². The molecule has 1 N–H and O–H groups in total. The molecular formula is C18H24N2O4. The number of nitrogens with zero attached hydrogens (tertiary/aromatic N) is 1. The zero-order valence-corrected chi connectivity index (χ0v) is 14.6. The Kier molecular flexibility index (Phi) is 5.84. The molecule has 2 aromatic heterocycles. The van der Waals surface area contributed by atoms with Crippen LogP contribution in [0.2, 0.25) is 0 Å². The lowest BCUT2D eigenvalue weighted by Crippen LogP contribution is -2.22. The molecule has 6 nitrogen and oxygen atoms in total. The monoisotopic (exact) mass is 332 g/mol. The van der Waals surface area contributed by atoms with Crippen molar-refractivity contribution >= 4 is 11.9 Å². The smallest absolute Gasteiger partial charge is 0.355 e. The number of hydrogen-bond acceptors (Lipinski definition) is 4. The van der Waals surface area contributed by atoms with Gasteiger partial charge in [-0.2, -0.15) is 0 Å². The minimum Gasteiger partial charge on any atom is -0.467 e. The van der Waals surface area contributed by atoms with Crippen molar-refractivity contribution in [1.29, 1.82) is 0 Å². The van der Waals surface area contributed by atoms with Crippen molar-refractivity contribution in [2.45, 2.75) is 40.2 Å². The van der Waals surface area contributed by atoms with Gasteiger partial charge >= 0.3 is 5.97 Å². The topological polar surface area (TPSA) is 73.5 Å². The van der Waals surface area contributed by atoms with E-state index in [4.69, 9.17) is 9.15 Å². The van der Waals surface area contributed by atoms with Gasteiger partial charge in [-0.3, -0.25) is 4.79 Å². The van der Waals surface area contributed by atoms with Crippen LogP contribution < -0.4 is 5.32 Å². The highest BCUT2D eigenvalue weighted by atomic mass is 16.5. The normalized spacial score (nSPS) is 10.7. The number of amides is 1. The molecule has 0 atom stereocenters. The second kappa shape index (κ2) is 7.86. The third kappa shape index (κ3) is 3.88. The summed E-state index contributed by atoms with van der Waals surface area (Å²) in [5.41, 5.74) is 3.44. The van der Waals surface area contributed by atoms with E-state index in [1.165, 1.54) is 0 Å². The van der Waals surface area contributed by atoms with E-state index in [1.54, 1.807) is 19.3 Å². The molecule has 0 saturated carbocycles. The molecule has 2 aromatic rings. The number of carbonyl (C=O) groups is 2. The van der Waals surface area contributed by atoms with Crippen LogP contribution in [0.3, 0.4) is 0 Å². The van der Waals surface area contributed by atoms with Crippen molar-refractivity contribution in [2.75, 3.05) is 6.61 Å². The molecule has 0 aliphatic carbocycles. The average Bonchev–Trinajstić information content (AvgIpc) is 3.12. The molecule has 0 unspecified atom stereocenters. The quantitative estimate of drug-likeness (QED) is 0.791. The first kappa shape index (κ1) is 17.8. The average molecular weight is 332 g/mol. The molecule has 0 aliphatic heterocycles. The number of ether oxygens (including phenoxy) is 1. The summed E-state index contributed by atoms with van der Waals surface area (Å²) in [6.45, 7) is 6.36.